The van der Waals surface area contributed by atoms with Crippen molar-refractivity contribution < 1.29 is 19.4 Å². The number of carboxylic acids is 1. The molecule has 36 heavy (non-hydrogen) atoms. The molecule has 1 atom stereocenters. The van der Waals surface area contributed by atoms with E-state index in [2.05, 4.69) is 25.6 Å². The van der Waals surface area contributed by atoms with Gasteiger partial charge < -0.3 is 31.2 Å². The van der Waals surface area contributed by atoms with Gasteiger partial charge in [-0.2, -0.15) is 9.97 Å². The molecule has 3 aromatic carbocycles. The van der Waals surface area contributed by atoms with E-state index in [9.17, 15) is 14.7 Å². The van der Waals surface area contributed by atoms with Crippen LogP contribution in [0.1, 0.15) is 5.56 Å². The fourth-order valence-electron chi connectivity index (χ4n) is 3.85. The summed E-state index contributed by atoms with van der Waals surface area (Å²) in [6, 6.07) is 20.2. The first-order chi connectivity index (χ1) is 17.4. The van der Waals surface area contributed by atoms with Gasteiger partial charge >= 0.3 is 12.0 Å². The van der Waals surface area contributed by atoms with Crippen LogP contribution in [0.5, 0.6) is 11.6 Å². The van der Waals surface area contributed by atoms with Gasteiger partial charge in [-0.1, -0.05) is 42.5 Å². The highest BCUT2D eigenvalue weighted by molar-refractivity contribution is 5.92. The molecule has 2 aromatic heterocycles. The third-order valence-corrected chi connectivity index (χ3v) is 5.58. The van der Waals surface area contributed by atoms with Gasteiger partial charge in [-0.15, -0.1) is 0 Å². The minimum atomic E-state index is -1.12. The van der Waals surface area contributed by atoms with Crippen LogP contribution in [0.4, 0.5) is 16.4 Å². The fourth-order valence-corrected chi connectivity index (χ4v) is 3.85. The van der Waals surface area contributed by atoms with Gasteiger partial charge in [-0.3, -0.25) is 0 Å². The summed E-state index contributed by atoms with van der Waals surface area (Å²) >= 11 is 0. The molecule has 0 bridgehead atoms. The number of aromatic nitrogens is 3. The summed E-state index contributed by atoms with van der Waals surface area (Å²) in [7, 11) is 0. The van der Waals surface area contributed by atoms with Gasteiger partial charge in [0, 0.05) is 18.3 Å². The van der Waals surface area contributed by atoms with Crippen molar-refractivity contribution in [3.63, 3.8) is 0 Å². The minimum Gasteiger partial charge on any atom is -0.480 e. The predicted molar refractivity (Wildman–Crippen MR) is 136 cm³/mol. The number of aromatic amines is 1. The number of amides is 2. The van der Waals surface area contributed by atoms with Crippen LogP contribution in [0.15, 0.2) is 79.0 Å². The molecule has 0 saturated heterocycles. The lowest BCUT2D eigenvalue weighted by Crippen LogP contribution is -2.44. The zero-order chi connectivity index (χ0) is 25.1. The molecule has 0 saturated carbocycles. The molecule has 10 nitrogen and oxygen atoms in total. The van der Waals surface area contributed by atoms with Gasteiger partial charge in [0.05, 0.1) is 5.39 Å². The van der Waals surface area contributed by atoms with Gasteiger partial charge in [0.15, 0.2) is 0 Å². The van der Waals surface area contributed by atoms with E-state index in [4.69, 9.17) is 10.5 Å². The monoisotopic (exact) mass is 482 g/mol. The van der Waals surface area contributed by atoms with Crippen LogP contribution in [0, 0.1) is 0 Å². The largest absolute Gasteiger partial charge is 0.480 e. The summed E-state index contributed by atoms with van der Waals surface area (Å²) in [6.45, 7) is 0. The second kappa shape index (κ2) is 9.63. The molecule has 2 amide bonds. The molecular formula is C26H22N6O4. The highest BCUT2D eigenvalue weighted by Gasteiger charge is 2.21. The Morgan fingerprint density at radius 1 is 1.00 bits per heavy atom. The molecule has 5 aromatic rings. The van der Waals surface area contributed by atoms with Crippen LogP contribution in [-0.2, 0) is 11.2 Å². The van der Waals surface area contributed by atoms with Crippen molar-refractivity contribution in [2.75, 3.05) is 11.1 Å². The average Bonchev–Trinajstić information content (AvgIpc) is 3.33. The second-order valence-corrected chi connectivity index (χ2v) is 8.13. The Kier molecular flexibility index (Phi) is 6.06. The first-order valence-electron chi connectivity index (χ1n) is 11.1. The van der Waals surface area contributed by atoms with Crippen LogP contribution in [0.25, 0.3) is 21.8 Å². The van der Waals surface area contributed by atoms with Gasteiger partial charge in [0.25, 0.3) is 0 Å². The van der Waals surface area contributed by atoms with Crippen LogP contribution < -0.4 is 21.1 Å². The summed E-state index contributed by atoms with van der Waals surface area (Å²) < 4.78 is 5.83. The molecule has 0 aliphatic rings. The second-order valence-electron chi connectivity index (χ2n) is 8.13. The van der Waals surface area contributed by atoms with Crippen molar-refractivity contribution >= 4 is 45.4 Å². The third kappa shape index (κ3) is 5.02. The van der Waals surface area contributed by atoms with E-state index >= 15 is 0 Å². The molecule has 10 heteroatoms. The number of H-pyrrole nitrogens is 1. The highest BCUT2D eigenvalue weighted by atomic mass is 16.5. The van der Waals surface area contributed by atoms with Gasteiger partial charge in [-0.05, 0) is 46.7 Å². The van der Waals surface area contributed by atoms with E-state index in [0.29, 0.717) is 28.4 Å². The number of nitrogens with one attached hydrogen (secondary N) is 3. The molecular weight excluding hydrogens is 460 g/mol. The normalized spacial score (nSPS) is 11.8. The number of nitrogens with two attached hydrogens (primary N) is 1. The maximum Gasteiger partial charge on any atom is 0.326 e. The number of carboxylic acid groups (broad SMARTS) is 1. The average molecular weight is 483 g/mol. The summed E-state index contributed by atoms with van der Waals surface area (Å²) in [4.78, 5) is 35.5. The van der Waals surface area contributed by atoms with Crippen molar-refractivity contribution in [3.05, 3.63) is 84.6 Å². The van der Waals surface area contributed by atoms with Crippen molar-refractivity contribution in [2.24, 2.45) is 0 Å². The number of carbonyl (C=O) groups excluding carboxylic acids is 1. The van der Waals surface area contributed by atoms with E-state index < -0.39 is 18.0 Å². The van der Waals surface area contributed by atoms with E-state index in [1.165, 1.54) is 0 Å². The van der Waals surface area contributed by atoms with E-state index in [-0.39, 0.29) is 12.4 Å². The SMILES string of the molecule is Nc1nc(Oc2ccc(NC(=O)NC(Cc3ccc4ccccc4c3)C(=O)O)cc2)c2cc[nH]c2n1. The number of rotatable bonds is 7. The minimum absolute atomic E-state index is 0.0755. The maximum atomic E-state index is 12.5. The molecule has 6 N–H and O–H groups in total. The Hall–Kier alpha value is -5.12. The number of fused-ring (bicyclic) bond motifs is 2. The number of ether oxygens (including phenoxy) is 1. The van der Waals surface area contributed by atoms with Crippen LogP contribution in [0.3, 0.4) is 0 Å². The lowest BCUT2D eigenvalue weighted by Gasteiger charge is -2.16. The van der Waals surface area contributed by atoms with E-state index in [1.54, 1.807) is 36.5 Å². The zero-order valence-corrected chi connectivity index (χ0v) is 18.9. The van der Waals surface area contributed by atoms with Crippen LogP contribution in [-0.4, -0.2) is 38.1 Å². The lowest BCUT2D eigenvalue weighted by molar-refractivity contribution is -0.139. The Morgan fingerprint density at radius 2 is 1.78 bits per heavy atom. The number of nitrogen functional groups attached to an aromatic ring is 1. The quantitative estimate of drug-likeness (QED) is 0.231. The maximum absolute atomic E-state index is 12.5. The topological polar surface area (TPSA) is 155 Å². The first-order valence-corrected chi connectivity index (χ1v) is 11.1. The van der Waals surface area contributed by atoms with Crippen molar-refractivity contribution in [1.82, 2.24) is 20.3 Å². The van der Waals surface area contributed by atoms with Gasteiger partial charge in [0.1, 0.15) is 17.4 Å². The number of nitrogens with zero attached hydrogens (tertiary/aromatic N) is 2. The molecule has 0 spiro atoms. The molecule has 0 fully saturated rings. The van der Waals surface area contributed by atoms with Crippen molar-refractivity contribution in [1.29, 1.82) is 0 Å². The number of hydrogen-bond acceptors (Lipinski definition) is 6. The molecule has 1 unspecified atom stereocenters. The Balaban J connectivity index is 1.22. The molecule has 0 aliphatic carbocycles. The molecule has 0 radical (unpaired) electrons. The number of urea groups is 1. The Labute approximate surface area is 205 Å². The predicted octanol–water partition coefficient (Wildman–Crippen LogP) is 4.30. The van der Waals surface area contributed by atoms with E-state index in [0.717, 1.165) is 16.3 Å². The summed E-state index contributed by atoms with van der Waals surface area (Å²) in [6.07, 6.45) is 1.86. The summed E-state index contributed by atoms with van der Waals surface area (Å²) in [5.74, 6) is -0.273. The Morgan fingerprint density at radius 3 is 2.56 bits per heavy atom. The van der Waals surface area contributed by atoms with Crippen LogP contribution in [0.2, 0.25) is 0 Å². The van der Waals surface area contributed by atoms with Crippen LogP contribution >= 0.6 is 0 Å². The molecule has 0 aliphatic heterocycles. The molecule has 5 rings (SSSR count). The number of anilines is 2. The van der Waals surface area contributed by atoms with Crippen molar-refractivity contribution in [3.8, 4) is 11.6 Å². The van der Waals surface area contributed by atoms with Gasteiger partial charge in [-0.25, -0.2) is 9.59 Å². The third-order valence-electron chi connectivity index (χ3n) is 5.58. The Bertz CT molecular complexity index is 1560. The standard InChI is InChI=1S/C26H22N6O4/c27-25-31-22-20(11-12-28-22)23(32-25)36-19-9-7-18(8-10-19)29-26(35)30-21(24(33)34)14-15-5-6-16-3-1-2-4-17(16)13-15/h1-13,21H,14H2,(H,33,34)(H2,29,30,35)(H3,27,28,31,32). The molecule has 180 valence electrons. The van der Waals surface area contributed by atoms with Gasteiger partial charge in [0.2, 0.25) is 11.8 Å². The van der Waals surface area contributed by atoms with Crippen molar-refractivity contribution in [2.45, 2.75) is 12.5 Å². The molecule has 2 heterocycles. The highest BCUT2D eigenvalue weighted by Crippen LogP contribution is 2.28. The van der Waals surface area contributed by atoms with E-state index in [1.807, 2.05) is 42.5 Å². The number of aliphatic carboxylic acids is 1. The fraction of sp³-hybridized carbons (Fsp3) is 0.0769. The lowest BCUT2D eigenvalue weighted by atomic mass is 10.0. The smallest absolute Gasteiger partial charge is 0.326 e. The number of benzene rings is 3. The zero-order valence-electron chi connectivity index (χ0n) is 18.9. The number of hydrogen-bond donors (Lipinski definition) is 5. The number of carbonyl (C=O) groups is 2. The summed E-state index contributed by atoms with van der Waals surface area (Å²) in [5, 5.41) is 17.6. The summed E-state index contributed by atoms with van der Waals surface area (Å²) in [5.41, 5.74) is 7.56. The first kappa shape index (κ1) is 22.7.